The second kappa shape index (κ2) is 5.52. The van der Waals surface area contributed by atoms with E-state index in [0.717, 1.165) is 0 Å². The van der Waals surface area contributed by atoms with E-state index in [4.69, 9.17) is 10.4 Å². The number of nitrogens with zero attached hydrogens (tertiary/aromatic N) is 2. The highest BCUT2D eigenvalue weighted by atomic mass is 79.9. The summed E-state index contributed by atoms with van der Waals surface area (Å²) < 4.78 is 0.677. The molecule has 0 heterocycles. The lowest BCUT2D eigenvalue weighted by Gasteiger charge is -2.22. The van der Waals surface area contributed by atoms with Crippen molar-refractivity contribution in [2.24, 2.45) is 0 Å². The number of nitriles is 1. The Morgan fingerprint density at radius 1 is 1.62 bits per heavy atom. The van der Waals surface area contributed by atoms with Gasteiger partial charge in [-0.2, -0.15) is 5.26 Å². The number of rotatable bonds is 4. The van der Waals surface area contributed by atoms with Gasteiger partial charge in [-0.1, -0.05) is 6.07 Å². The van der Waals surface area contributed by atoms with E-state index in [1.807, 2.05) is 6.92 Å². The van der Waals surface area contributed by atoms with Crippen molar-refractivity contribution in [3.8, 4) is 6.07 Å². The highest BCUT2D eigenvalue weighted by Gasteiger charge is 2.14. The van der Waals surface area contributed by atoms with Crippen LogP contribution in [0.5, 0.6) is 0 Å². The lowest BCUT2D eigenvalue weighted by Crippen LogP contribution is -2.30. The van der Waals surface area contributed by atoms with E-state index in [2.05, 4.69) is 22.0 Å². The molecule has 0 saturated carbocycles. The third-order valence-corrected chi connectivity index (χ3v) is 2.81. The molecule has 84 valence electrons. The molecule has 16 heavy (non-hydrogen) atoms. The maximum atomic E-state index is 10.7. The Hall–Kier alpha value is -1.54. The summed E-state index contributed by atoms with van der Waals surface area (Å²) in [4.78, 5) is 12.3. The van der Waals surface area contributed by atoms with Crippen LogP contribution < -0.4 is 4.90 Å². The van der Waals surface area contributed by atoms with Gasteiger partial charge in [-0.05, 0) is 35.0 Å². The first kappa shape index (κ1) is 12.5. The normalized spacial score (nSPS) is 9.56. The summed E-state index contributed by atoms with van der Waals surface area (Å²) in [5.74, 6) is -0.911. The molecule has 4 nitrogen and oxygen atoms in total. The molecule has 0 amide bonds. The van der Waals surface area contributed by atoms with Gasteiger partial charge in [-0.25, -0.2) is 0 Å². The van der Waals surface area contributed by atoms with E-state index in [9.17, 15) is 4.79 Å². The smallest absolute Gasteiger partial charge is 0.323 e. The lowest BCUT2D eigenvalue weighted by atomic mass is 10.1. The molecule has 0 aliphatic rings. The number of halogens is 1. The quantitative estimate of drug-likeness (QED) is 0.920. The molecule has 0 saturated heterocycles. The van der Waals surface area contributed by atoms with Gasteiger partial charge in [-0.3, -0.25) is 4.79 Å². The Morgan fingerprint density at radius 2 is 2.31 bits per heavy atom. The first-order valence-electron chi connectivity index (χ1n) is 4.75. The highest BCUT2D eigenvalue weighted by molar-refractivity contribution is 9.10. The van der Waals surface area contributed by atoms with Crippen molar-refractivity contribution in [1.29, 1.82) is 5.26 Å². The summed E-state index contributed by atoms with van der Waals surface area (Å²) in [5.41, 5.74) is 1.10. The minimum Gasteiger partial charge on any atom is -0.480 e. The molecular weight excluding hydrogens is 272 g/mol. The second-order valence-electron chi connectivity index (χ2n) is 3.15. The van der Waals surface area contributed by atoms with Crippen molar-refractivity contribution in [2.75, 3.05) is 18.0 Å². The van der Waals surface area contributed by atoms with Crippen LogP contribution in [-0.4, -0.2) is 24.2 Å². The Bertz CT molecular complexity index is 440. The number of hydrogen-bond donors (Lipinski definition) is 1. The zero-order chi connectivity index (χ0) is 12.1. The predicted octanol–water partition coefficient (Wildman–Crippen LogP) is 2.23. The fraction of sp³-hybridized carbons (Fsp3) is 0.273. The van der Waals surface area contributed by atoms with Gasteiger partial charge >= 0.3 is 5.97 Å². The van der Waals surface area contributed by atoms with Crippen molar-refractivity contribution >= 4 is 27.6 Å². The van der Waals surface area contributed by atoms with Crippen LogP contribution in [0, 0.1) is 11.3 Å². The molecule has 0 bridgehead atoms. The molecule has 5 heteroatoms. The average molecular weight is 283 g/mol. The molecule has 0 unspecified atom stereocenters. The van der Waals surface area contributed by atoms with Crippen LogP contribution in [0.2, 0.25) is 0 Å². The van der Waals surface area contributed by atoms with E-state index < -0.39 is 5.97 Å². The third kappa shape index (κ3) is 2.74. The van der Waals surface area contributed by atoms with E-state index in [0.29, 0.717) is 22.3 Å². The molecule has 0 aliphatic carbocycles. The molecule has 0 fully saturated rings. The van der Waals surface area contributed by atoms with Gasteiger partial charge < -0.3 is 10.0 Å². The summed E-state index contributed by atoms with van der Waals surface area (Å²) in [6.07, 6.45) is 0. The van der Waals surface area contributed by atoms with Gasteiger partial charge in [0.25, 0.3) is 0 Å². The fourth-order valence-corrected chi connectivity index (χ4v) is 1.86. The number of anilines is 1. The minimum absolute atomic E-state index is 0.109. The van der Waals surface area contributed by atoms with Crippen molar-refractivity contribution < 1.29 is 9.90 Å². The van der Waals surface area contributed by atoms with Crippen LogP contribution in [0.3, 0.4) is 0 Å². The molecule has 0 aliphatic heterocycles. The number of benzene rings is 1. The van der Waals surface area contributed by atoms with Crippen molar-refractivity contribution in [2.45, 2.75) is 6.92 Å². The molecule has 1 aromatic carbocycles. The second-order valence-corrected chi connectivity index (χ2v) is 4.01. The maximum Gasteiger partial charge on any atom is 0.323 e. The minimum atomic E-state index is -0.911. The maximum absolute atomic E-state index is 10.7. The Balaban J connectivity index is 3.15. The van der Waals surface area contributed by atoms with Crippen molar-refractivity contribution in [3.63, 3.8) is 0 Å². The monoisotopic (exact) mass is 282 g/mol. The van der Waals surface area contributed by atoms with Gasteiger partial charge in [0, 0.05) is 11.0 Å². The van der Waals surface area contributed by atoms with Crippen LogP contribution in [0.4, 0.5) is 5.69 Å². The van der Waals surface area contributed by atoms with Crippen LogP contribution in [0.25, 0.3) is 0 Å². The number of aliphatic carboxylic acids is 1. The van der Waals surface area contributed by atoms with Crippen LogP contribution in [0.1, 0.15) is 12.5 Å². The number of carboxylic acid groups (broad SMARTS) is 1. The lowest BCUT2D eigenvalue weighted by molar-refractivity contribution is -0.135. The summed E-state index contributed by atoms with van der Waals surface area (Å²) in [5, 5.41) is 17.8. The zero-order valence-corrected chi connectivity index (χ0v) is 10.4. The average Bonchev–Trinajstić information content (AvgIpc) is 2.25. The summed E-state index contributed by atoms with van der Waals surface area (Å²) >= 11 is 3.27. The molecule has 0 radical (unpaired) electrons. The number of hydrogen-bond acceptors (Lipinski definition) is 3. The summed E-state index contributed by atoms with van der Waals surface area (Å²) in [7, 11) is 0. The SMILES string of the molecule is CCN(CC(=O)O)c1cccc(Br)c1C#N. The van der Waals surface area contributed by atoms with Crippen LogP contribution in [-0.2, 0) is 4.79 Å². The molecule has 0 spiro atoms. The van der Waals surface area contributed by atoms with Crippen molar-refractivity contribution in [1.82, 2.24) is 0 Å². The van der Waals surface area contributed by atoms with E-state index >= 15 is 0 Å². The number of carboxylic acids is 1. The van der Waals surface area contributed by atoms with Crippen LogP contribution >= 0.6 is 15.9 Å². The molecule has 1 N–H and O–H groups in total. The fourth-order valence-electron chi connectivity index (χ4n) is 1.42. The Kier molecular flexibility index (Phi) is 4.32. The number of carbonyl (C=O) groups is 1. The molecular formula is C11H11BrN2O2. The van der Waals surface area contributed by atoms with E-state index in [-0.39, 0.29) is 6.54 Å². The number of likely N-dealkylation sites (N-methyl/N-ethyl adjacent to an activating group) is 1. The standard InChI is InChI=1S/C11H11BrN2O2/c1-2-14(7-11(15)16)10-5-3-4-9(12)8(10)6-13/h3-5H,2,7H2,1H3,(H,15,16). The zero-order valence-electron chi connectivity index (χ0n) is 8.77. The van der Waals surface area contributed by atoms with E-state index in [1.165, 1.54) is 0 Å². The molecule has 1 rings (SSSR count). The van der Waals surface area contributed by atoms with E-state index in [1.54, 1.807) is 23.1 Å². The highest BCUT2D eigenvalue weighted by Crippen LogP contribution is 2.26. The molecule has 0 atom stereocenters. The topological polar surface area (TPSA) is 64.3 Å². The van der Waals surface area contributed by atoms with Gasteiger partial charge in [0.15, 0.2) is 0 Å². The Labute approximate surface area is 102 Å². The van der Waals surface area contributed by atoms with Gasteiger partial charge in [0.2, 0.25) is 0 Å². The molecule has 0 aromatic heterocycles. The van der Waals surface area contributed by atoms with Gasteiger partial charge in [-0.15, -0.1) is 0 Å². The van der Waals surface area contributed by atoms with Gasteiger partial charge in [0.05, 0.1) is 11.3 Å². The van der Waals surface area contributed by atoms with Crippen molar-refractivity contribution in [3.05, 3.63) is 28.2 Å². The van der Waals surface area contributed by atoms with Gasteiger partial charge in [0.1, 0.15) is 12.6 Å². The predicted molar refractivity (Wildman–Crippen MR) is 64.4 cm³/mol. The summed E-state index contributed by atoms with van der Waals surface area (Å²) in [6.45, 7) is 2.28. The molecule has 1 aromatic rings. The first-order valence-corrected chi connectivity index (χ1v) is 5.54. The largest absolute Gasteiger partial charge is 0.480 e. The van der Waals surface area contributed by atoms with Crippen LogP contribution in [0.15, 0.2) is 22.7 Å². The Morgan fingerprint density at radius 3 is 2.81 bits per heavy atom. The first-order chi connectivity index (χ1) is 7.60. The third-order valence-electron chi connectivity index (χ3n) is 2.15. The summed E-state index contributed by atoms with van der Waals surface area (Å²) in [6, 6.07) is 7.36.